The van der Waals surface area contributed by atoms with Gasteiger partial charge in [-0.25, -0.2) is 5.01 Å². The molecule has 0 aromatic rings. The topological polar surface area (TPSA) is 35.6 Å². The Morgan fingerprint density at radius 1 is 1.53 bits per heavy atom. The second kappa shape index (κ2) is 4.94. The molecule has 15 heavy (non-hydrogen) atoms. The van der Waals surface area contributed by atoms with Crippen molar-refractivity contribution >= 4 is 5.91 Å². The van der Waals surface area contributed by atoms with Gasteiger partial charge in [-0.3, -0.25) is 9.80 Å². The lowest BCUT2D eigenvalue weighted by Gasteiger charge is -2.36. The van der Waals surface area contributed by atoms with Gasteiger partial charge in [0.2, 0.25) is 5.91 Å². The predicted octanol–water partition coefficient (Wildman–Crippen LogP) is 0.455. The SMILES string of the molecule is CN1CCCC(=O)N1CCC1CCNC1. The van der Waals surface area contributed by atoms with Gasteiger partial charge < -0.3 is 5.32 Å². The molecule has 1 atom stereocenters. The fraction of sp³-hybridized carbons (Fsp3) is 0.909. The van der Waals surface area contributed by atoms with Crippen LogP contribution in [0.4, 0.5) is 0 Å². The number of hydrogen-bond donors (Lipinski definition) is 1. The Balaban J connectivity index is 1.78. The summed E-state index contributed by atoms with van der Waals surface area (Å²) in [5.41, 5.74) is 0. The van der Waals surface area contributed by atoms with E-state index in [1.807, 2.05) is 12.1 Å². The molecule has 0 spiro atoms. The summed E-state index contributed by atoms with van der Waals surface area (Å²) in [7, 11) is 2.02. The van der Waals surface area contributed by atoms with Crippen molar-refractivity contribution in [2.24, 2.45) is 5.92 Å². The lowest BCUT2D eigenvalue weighted by Crippen LogP contribution is -2.48. The Morgan fingerprint density at radius 2 is 2.40 bits per heavy atom. The van der Waals surface area contributed by atoms with Crippen LogP contribution in [0, 0.1) is 5.92 Å². The van der Waals surface area contributed by atoms with E-state index in [0.29, 0.717) is 5.91 Å². The molecule has 2 fully saturated rings. The van der Waals surface area contributed by atoms with E-state index in [1.165, 1.54) is 6.42 Å². The van der Waals surface area contributed by atoms with Gasteiger partial charge in [0.05, 0.1) is 0 Å². The number of carbonyl (C=O) groups is 1. The van der Waals surface area contributed by atoms with Gasteiger partial charge in [-0.1, -0.05) is 0 Å². The maximum atomic E-state index is 11.7. The minimum Gasteiger partial charge on any atom is -0.316 e. The monoisotopic (exact) mass is 211 g/mol. The molecule has 1 N–H and O–H groups in total. The normalized spacial score (nSPS) is 28.7. The number of amides is 1. The molecule has 0 saturated carbocycles. The molecule has 0 radical (unpaired) electrons. The molecule has 1 amide bonds. The lowest BCUT2D eigenvalue weighted by atomic mass is 10.0. The Labute approximate surface area is 91.6 Å². The van der Waals surface area contributed by atoms with Crippen LogP contribution in [-0.2, 0) is 4.79 Å². The number of nitrogens with zero attached hydrogens (tertiary/aromatic N) is 2. The molecule has 4 nitrogen and oxygen atoms in total. The van der Waals surface area contributed by atoms with Crippen LogP contribution < -0.4 is 5.32 Å². The van der Waals surface area contributed by atoms with Gasteiger partial charge in [0.1, 0.15) is 0 Å². The van der Waals surface area contributed by atoms with E-state index in [1.54, 1.807) is 0 Å². The van der Waals surface area contributed by atoms with E-state index in [0.717, 1.165) is 51.4 Å². The zero-order valence-electron chi connectivity index (χ0n) is 9.54. The van der Waals surface area contributed by atoms with Crippen molar-refractivity contribution in [2.45, 2.75) is 25.7 Å². The number of rotatable bonds is 3. The van der Waals surface area contributed by atoms with E-state index < -0.39 is 0 Å². The van der Waals surface area contributed by atoms with Crippen molar-refractivity contribution in [3.63, 3.8) is 0 Å². The molecule has 0 aromatic heterocycles. The van der Waals surface area contributed by atoms with Crippen molar-refractivity contribution in [3.8, 4) is 0 Å². The Morgan fingerprint density at radius 3 is 3.07 bits per heavy atom. The van der Waals surface area contributed by atoms with Gasteiger partial charge in [-0.15, -0.1) is 0 Å². The molecule has 0 aromatic carbocycles. The number of carbonyl (C=O) groups excluding carboxylic acids is 1. The van der Waals surface area contributed by atoms with E-state index in [9.17, 15) is 4.79 Å². The van der Waals surface area contributed by atoms with Crippen LogP contribution in [0.25, 0.3) is 0 Å². The molecule has 2 heterocycles. The number of hydrazine groups is 1. The van der Waals surface area contributed by atoms with E-state index in [-0.39, 0.29) is 0 Å². The van der Waals surface area contributed by atoms with E-state index >= 15 is 0 Å². The van der Waals surface area contributed by atoms with Crippen molar-refractivity contribution in [3.05, 3.63) is 0 Å². The van der Waals surface area contributed by atoms with Gasteiger partial charge in [-0.2, -0.15) is 0 Å². The first-order valence-corrected chi connectivity index (χ1v) is 5.99. The van der Waals surface area contributed by atoms with Gasteiger partial charge >= 0.3 is 0 Å². The minimum absolute atomic E-state index is 0.301. The molecule has 0 aliphatic carbocycles. The van der Waals surface area contributed by atoms with Crippen LogP contribution in [0.1, 0.15) is 25.7 Å². The average molecular weight is 211 g/mol. The first kappa shape index (κ1) is 10.9. The van der Waals surface area contributed by atoms with Gasteiger partial charge in [0, 0.05) is 26.6 Å². The number of nitrogens with one attached hydrogen (secondary N) is 1. The molecule has 2 aliphatic rings. The molecule has 2 rings (SSSR count). The molecule has 86 valence electrons. The summed E-state index contributed by atoms with van der Waals surface area (Å²) in [5, 5.41) is 7.38. The molecule has 4 heteroatoms. The van der Waals surface area contributed by atoms with Crippen molar-refractivity contribution in [1.29, 1.82) is 0 Å². The third kappa shape index (κ3) is 2.69. The highest BCUT2D eigenvalue weighted by Crippen LogP contribution is 2.16. The second-order valence-electron chi connectivity index (χ2n) is 4.65. The first-order valence-electron chi connectivity index (χ1n) is 5.99. The fourth-order valence-corrected chi connectivity index (χ4v) is 2.46. The maximum absolute atomic E-state index is 11.7. The van der Waals surface area contributed by atoms with Crippen LogP contribution in [0.5, 0.6) is 0 Å². The van der Waals surface area contributed by atoms with E-state index in [4.69, 9.17) is 0 Å². The zero-order valence-corrected chi connectivity index (χ0v) is 9.54. The highest BCUT2D eigenvalue weighted by molar-refractivity contribution is 5.76. The summed E-state index contributed by atoms with van der Waals surface area (Å²) >= 11 is 0. The van der Waals surface area contributed by atoms with Crippen molar-refractivity contribution < 1.29 is 4.79 Å². The molecule has 2 saturated heterocycles. The third-order valence-electron chi connectivity index (χ3n) is 3.48. The standard InChI is InChI=1S/C11H21N3O/c1-13-7-2-3-11(15)14(13)8-5-10-4-6-12-9-10/h10,12H,2-9H2,1H3. The molecule has 2 aliphatic heterocycles. The Bertz CT molecular complexity index is 226. The van der Waals surface area contributed by atoms with Crippen LogP contribution >= 0.6 is 0 Å². The summed E-state index contributed by atoms with van der Waals surface area (Å²) in [5.74, 6) is 1.07. The number of hydrogen-bond acceptors (Lipinski definition) is 3. The molecular weight excluding hydrogens is 190 g/mol. The second-order valence-corrected chi connectivity index (χ2v) is 4.65. The van der Waals surface area contributed by atoms with Gasteiger partial charge in [0.15, 0.2) is 0 Å². The molecular formula is C11H21N3O. The Kier molecular flexibility index (Phi) is 3.59. The molecule has 1 unspecified atom stereocenters. The van der Waals surface area contributed by atoms with Crippen LogP contribution in [0.3, 0.4) is 0 Å². The average Bonchev–Trinajstić information content (AvgIpc) is 2.70. The molecule has 0 bridgehead atoms. The summed E-state index contributed by atoms with van der Waals surface area (Å²) in [6.07, 6.45) is 4.15. The van der Waals surface area contributed by atoms with Gasteiger partial charge in [-0.05, 0) is 38.3 Å². The predicted molar refractivity (Wildman–Crippen MR) is 59.2 cm³/mol. The third-order valence-corrected chi connectivity index (χ3v) is 3.48. The Hall–Kier alpha value is -0.610. The van der Waals surface area contributed by atoms with Crippen molar-refractivity contribution in [1.82, 2.24) is 15.3 Å². The first-order chi connectivity index (χ1) is 7.27. The summed E-state index contributed by atoms with van der Waals surface area (Å²) < 4.78 is 0. The minimum atomic E-state index is 0.301. The van der Waals surface area contributed by atoms with E-state index in [2.05, 4.69) is 10.3 Å². The van der Waals surface area contributed by atoms with Crippen LogP contribution in [0.2, 0.25) is 0 Å². The lowest BCUT2D eigenvalue weighted by molar-refractivity contribution is -0.152. The fourth-order valence-electron chi connectivity index (χ4n) is 2.46. The van der Waals surface area contributed by atoms with Crippen LogP contribution in [-0.4, -0.2) is 49.2 Å². The van der Waals surface area contributed by atoms with Crippen molar-refractivity contribution in [2.75, 3.05) is 33.2 Å². The summed E-state index contributed by atoms with van der Waals surface area (Å²) in [6, 6.07) is 0. The zero-order chi connectivity index (χ0) is 10.7. The largest absolute Gasteiger partial charge is 0.316 e. The maximum Gasteiger partial charge on any atom is 0.236 e. The summed E-state index contributed by atoms with van der Waals surface area (Å²) in [4.78, 5) is 11.7. The summed E-state index contributed by atoms with van der Waals surface area (Å²) in [6.45, 7) is 4.20. The van der Waals surface area contributed by atoms with Gasteiger partial charge in [0.25, 0.3) is 0 Å². The smallest absolute Gasteiger partial charge is 0.236 e. The quantitative estimate of drug-likeness (QED) is 0.736. The highest BCUT2D eigenvalue weighted by atomic mass is 16.2. The highest BCUT2D eigenvalue weighted by Gasteiger charge is 2.24. The van der Waals surface area contributed by atoms with Crippen LogP contribution in [0.15, 0.2) is 0 Å².